The van der Waals surface area contributed by atoms with Gasteiger partial charge in [-0.2, -0.15) is 4.98 Å². The van der Waals surface area contributed by atoms with Gasteiger partial charge in [-0.15, -0.1) is 0 Å². The molecule has 0 saturated heterocycles. The predicted molar refractivity (Wildman–Crippen MR) is 52.8 cm³/mol. The number of aromatic nitrogens is 2. The number of phenolic OH excluding ortho intramolecular Hbond substituents is 1. The van der Waals surface area contributed by atoms with Crippen LogP contribution in [0.4, 0.5) is 5.69 Å². The van der Waals surface area contributed by atoms with Crippen molar-refractivity contribution >= 4 is 5.69 Å². The summed E-state index contributed by atoms with van der Waals surface area (Å²) in [7, 11) is 0. The molecule has 1 aromatic heterocycles. The number of phenols is 1. The summed E-state index contributed by atoms with van der Waals surface area (Å²) in [5.41, 5.74) is 0.0290. The van der Waals surface area contributed by atoms with E-state index in [0.29, 0.717) is 5.89 Å². The van der Waals surface area contributed by atoms with Crippen LogP contribution in [0.1, 0.15) is 5.89 Å². The van der Waals surface area contributed by atoms with E-state index in [1.54, 1.807) is 6.92 Å². The maximum Gasteiger partial charge on any atom is 0.270 e. The van der Waals surface area contributed by atoms with Gasteiger partial charge in [0.1, 0.15) is 5.75 Å². The van der Waals surface area contributed by atoms with Gasteiger partial charge in [0.2, 0.25) is 11.7 Å². The first kappa shape index (κ1) is 10.1. The van der Waals surface area contributed by atoms with Gasteiger partial charge in [-0.25, -0.2) is 0 Å². The summed E-state index contributed by atoms with van der Waals surface area (Å²) in [6, 6.07) is 3.62. The van der Waals surface area contributed by atoms with Crippen LogP contribution >= 0.6 is 0 Å². The molecule has 0 unspecified atom stereocenters. The molecule has 0 spiro atoms. The molecule has 0 atom stereocenters. The lowest BCUT2D eigenvalue weighted by Crippen LogP contribution is -1.89. The number of benzene rings is 1. The Kier molecular flexibility index (Phi) is 2.28. The summed E-state index contributed by atoms with van der Waals surface area (Å²) >= 11 is 0. The second-order valence-electron chi connectivity index (χ2n) is 3.10. The van der Waals surface area contributed by atoms with Crippen molar-refractivity contribution in [3.8, 4) is 17.1 Å². The van der Waals surface area contributed by atoms with Crippen molar-refractivity contribution in [1.82, 2.24) is 10.1 Å². The van der Waals surface area contributed by atoms with E-state index in [-0.39, 0.29) is 22.8 Å². The van der Waals surface area contributed by atoms with E-state index in [1.807, 2.05) is 0 Å². The van der Waals surface area contributed by atoms with Gasteiger partial charge in [0.15, 0.2) is 0 Å². The molecule has 1 heterocycles. The van der Waals surface area contributed by atoms with Crippen molar-refractivity contribution < 1.29 is 14.6 Å². The number of non-ortho nitro benzene ring substituents is 1. The highest BCUT2D eigenvalue weighted by Gasteiger charge is 2.15. The third-order valence-electron chi connectivity index (χ3n) is 1.96. The van der Waals surface area contributed by atoms with Gasteiger partial charge in [-0.1, -0.05) is 5.16 Å². The molecule has 7 heteroatoms. The second kappa shape index (κ2) is 3.61. The smallest absolute Gasteiger partial charge is 0.270 e. The van der Waals surface area contributed by atoms with Gasteiger partial charge >= 0.3 is 0 Å². The van der Waals surface area contributed by atoms with Crippen LogP contribution in [0.3, 0.4) is 0 Å². The Morgan fingerprint density at radius 1 is 1.50 bits per heavy atom. The van der Waals surface area contributed by atoms with Gasteiger partial charge in [0.25, 0.3) is 5.69 Å². The molecule has 0 fully saturated rings. The van der Waals surface area contributed by atoms with E-state index < -0.39 is 4.92 Å². The topological polar surface area (TPSA) is 102 Å². The average molecular weight is 221 g/mol. The Balaban J connectivity index is 2.55. The number of nitro groups is 1. The van der Waals surface area contributed by atoms with E-state index in [1.165, 1.54) is 18.2 Å². The van der Waals surface area contributed by atoms with Crippen LogP contribution in [0, 0.1) is 17.0 Å². The first-order chi connectivity index (χ1) is 7.58. The number of nitro benzene ring substituents is 1. The molecule has 1 N–H and O–H groups in total. The lowest BCUT2D eigenvalue weighted by atomic mass is 10.1. The lowest BCUT2D eigenvalue weighted by Gasteiger charge is -1.98. The minimum Gasteiger partial charge on any atom is -0.507 e. The Labute approximate surface area is 89.5 Å². The molecule has 16 heavy (non-hydrogen) atoms. The molecule has 0 aliphatic carbocycles. The molecule has 1 aromatic carbocycles. The first-order valence-corrected chi connectivity index (χ1v) is 4.36. The fourth-order valence-corrected chi connectivity index (χ4v) is 1.23. The van der Waals surface area contributed by atoms with Gasteiger partial charge < -0.3 is 9.63 Å². The Hall–Kier alpha value is -2.44. The lowest BCUT2D eigenvalue weighted by molar-refractivity contribution is -0.384. The van der Waals surface area contributed by atoms with E-state index in [9.17, 15) is 15.2 Å². The largest absolute Gasteiger partial charge is 0.507 e. The average Bonchev–Trinajstić information content (AvgIpc) is 2.65. The predicted octanol–water partition coefficient (Wildman–Crippen LogP) is 1.66. The Bertz CT molecular complexity index is 549. The van der Waals surface area contributed by atoms with E-state index in [0.717, 1.165) is 0 Å². The van der Waals surface area contributed by atoms with Crippen LogP contribution in [0.15, 0.2) is 22.7 Å². The van der Waals surface area contributed by atoms with Crippen LogP contribution in [0.5, 0.6) is 5.75 Å². The van der Waals surface area contributed by atoms with Crippen molar-refractivity contribution in [2.24, 2.45) is 0 Å². The monoisotopic (exact) mass is 221 g/mol. The Morgan fingerprint density at radius 3 is 2.81 bits per heavy atom. The zero-order chi connectivity index (χ0) is 11.7. The van der Waals surface area contributed by atoms with Crippen LogP contribution in [-0.2, 0) is 0 Å². The summed E-state index contributed by atoms with van der Waals surface area (Å²) in [4.78, 5) is 13.9. The number of aromatic hydroxyl groups is 1. The molecule has 2 aromatic rings. The standard InChI is InChI=1S/C9H7N3O4/c1-5-10-9(11-16-5)7-4-6(12(14)15)2-3-8(7)13/h2-4,13H,1H3. The van der Waals surface area contributed by atoms with Crippen molar-refractivity contribution in [3.05, 3.63) is 34.2 Å². The maximum absolute atomic E-state index is 10.6. The van der Waals surface area contributed by atoms with Gasteiger partial charge in [-0.05, 0) is 6.07 Å². The van der Waals surface area contributed by atoms with Gasteiger partial charge in [-0.3, -0.25) is 10.1 Å². The van der Waals surface area contributed by atoms with Gasteiger partial charge in [0.05, 0.1) is 10.5 Å². The van der Waals surface area contributed by atoms with E-state index in [2.05, 4.69) is 10.1 Å². The molecule has 0 saturated carbocycles. The maximum atomic E-state index is 10.6. The third kappa shape index (κ3) is 1.70. The highest BCUT2D eigenvalue weighted by atomic mass is 16.6. The quantitative estimate of drug-likeness (QED) is 0.611. The van der Waals surface area contributed by atoms with E-state index >= 15 is 0 Å². The van der Waals surface area contributed by atoms with Crippen molar-refractivity contribution in [3.63, 3.8) is 0 Å². The SMILES string of the molecule is Cc1nc(-c2cc([N+](=O)[O-])ccc2O)no1. The zero-order valence-corrected chi connectivity index (χ0v) is 8.25. The van der Waals surface area contributed by atoms with Crippen molar-refractivity contribution in [1.29, 1.82) is 0 Å². The summed E-state index contributed by atoms with van der Waals surface area (Å²) in [6.45, 7) is 1.59. The number of hydrogen-bond donors (Lipinski definition) is 1. The summed E-state index contributed by atoms with van der Waals surface area (Å²) in [6.07, 6.45) is 0. The number of aryl methyl sites for hydroxylation is 1. The molecular weight excluding hydrogens is 214 g/mol. The molecule has 7 nitrogen and oxygen atoms in total. The van der Waals surface area contributed by atoms with Crippen LogP contribution < -0.4 is 0 Å². The van der Waals surface area contributed by atoms with Crippen LogP contribution in [-0.4, -0.2) is 20.2 Å². The number of rotatable bonds is 2. The van der Waals surface area contributed by atoms with Crippen LogP contribution in [0.2, 0.25) is 0 Å². The zero-order valence-electron chi connectivity index (χ0n) is 8.25. The molecule has 0 bridgehead atoms. The molecule has 82 valence electrons. The Morgan fingerprint density at radius 2 is 2.25 bits per heavy atom. The summed E-state index contributed by atoms with van der Waals surface area (Å²) in [5.74, 6) is 0.311. The first-order valence-electron chi connectivity index (χ1n) is 4.36. The molecular formula is C9H7N3O4. The molecule has 0 aliphatic rings. The molecule has 2 rings (SSSR count). The fourth-order valence-electron chi connectivity index (χ4n) is 1.23. The minimum absolute atomic E-state index is 0.124. The number of nitrogens with zero attached hydrogens (tertiary/aromatic N) is 3. The molecule has 0 amide bonds. The van der Waals surface area contributed by atoms with Gasteiger partial charge in [0, 0.05) is 19.1 Å². The fraction of sp³-hybridized carbons (Fsp3) is 0.111. The highest BCUT2D eigenvalue weighted by molar-refractivity contribution is 5.66. The van der Waals surface area contributed by atoms with Crippen LogP contribution in [0.25, 0.3) is 11.4 Å². The van der Waals surface area contributed by atoms with E-state index in [4.69, 9.17) is 4.52 Å². The second-order valence-corrected chi connectivity index (χ2v) is 3.10. The summed E-state index contributed by atoms with van der Waals surface area (Å²) < 4.78 is 4.73. The van der Waals surface area contributed by atoms with Crippen molar-refractivity contribution in [2.75, 3.05) is 0 Å². The van der Waals surface area contributed by atoms with Crippen molar-refractivity contribution in [2.45, 2.75) is 6.92 Å². The third-order valence-corrected chi connectivity index (χ3v) is 1.96. The molecule has 0 aliphatic heterocycles. The highest BCUT2D eigenvalue weighted by Crippen LogP contribution is 2.30. The summed E-state index contributed by atoms with van der Waals surface area (Å²) in [5, 5.41) is 23.7. The number of hydrogen-bond acceptors (Lipinski definition) is 6. The normalized spacial score (nSPS) is 10.3. The molecule has 0 radical (unpaired) electrons. The minimum atomic E-state index is -0.560.